The molecule has 10 heteroatoms. The third kappa shape index (κ3) is 4.24. The van der Waals surface area contributed by atoms with Crippen LogP contribution in [0.1, 0.15) is 43.5 Å². The van der Waals surface area contributed by atoms with E-state index >= 15 is 0 Å². The molecule has 0 aliphatic heterocycles. The maximum absolute atomic E-state index is 12.4. The summed E-state index contributed by atoms with van der Waals surface area (Å²) in [5.74, 6) is -1.18. The number of hydrogen-bond donors (Lipinski definition) is 0. The molecular formula is C17H23N5O5. The Morgan fingerprint density at radius 3 is 2.52 bits per heavy atom. The number of nitro groups is 1. The molecule has 1 saturated carbocycles. The largest absolute Gasteiger partial charge is 0.454 e. The van der Waals surface area contributed by atoms with Crippen LogP contribution < -0.4 is 0 Å². The lowest BCUT2D eigenvalue weighted by Crippen LogP contribution is -2.51. The summed E-state index contributed by atoms with van der Waals surface area (Å²) in [6, 6.07) is 2.24. The van der Waals surface area contributed by atoms with Crippen LogP contribution in [0.15, 0.2) is 0 Å². The highest BCUT2D eigenvalue weighted by atomic mass is 16.6. The summed E-state index contributed by atoms with van der Waals surface area (Å²) in [6.45, 7) is 2.15. The van der Waals surface area contributed by atoms with Crippen LogP contribution in [0.3, 0.4) is 0 Å². The molecule has 27 heavy (non-hydrogen) atoms. The van der Waals surface area contributed by atoms with Crippen LogP contribution >= 0.6 is 0 Å². The molecule has 0 saturated heterocycles. The summed E-state index contributed by atoms with van der Waals surface area (Å²) >= 11 is 0. The van der Waals surface area contributed by atoms with Crippen molar-refractivity contribution in [1.82, 2.24) is 14.7 Å². The zero-order chi connectivity index (χ0) is 20.2. The first-order valence-corrected chi connectivity index (χ1v) is 8.74. The molecule has 0 bridgehead atoms. The SMILES string of the molecule is Cc1nn(CC(=O)OCC(=O)N(C)C2(C#N)CCCCC2)c(C)c1[N+](=O)[O-]. The van der Waals surface area contributed by atoms with Gasteiger partial charge in [0.15, 0.2) is 6.61 Å². The normalized spacial score (nSPS) is 15.6. The molecule has 1 aromatic rings. The zero-order valence-corrected chi connectivity index (χ0v) is 15.7. The number of aryl methyl sites for hydroxylation is 1. The van der Waals surface area contributed by atoms with Crippen LogP contribution in [0.2, 0.25) is 0 Å². The van der Waals surface area contributed by atoms with Gasteiger partial charge in [-0.1, -0.05) is 19.3 Å². The van der Waals surface area contributed by atoms with Gasteiger partial charge in [-0.3, -0.25) is 24.4 Å². The van der Waals surface area contributed by atoms with Crippen molar-refractivity contribution in [2.75, 3.05) is 13.7 Å². The van der Waals surface area contributed by atoms with Gasteiger partial charge in [-0.25, -0.2) is 0 Å². The number of ether oxygens (including phenoxy) is 1. The minimum Gasteiger partial charge on any atom is -0.454 e. The lowest BCUT2D eigenvalue weighted by atomic mass is 9.81. The Labute approximate surface area is 156 Å². The fourth-order valence-electron chi connectivity index (χ4n) is 3.41. The van der Waals surface area contributed by atoms with E-state index in [-0.39, 0.29) is 23.6 Å². The lowest BCUT2D eigenvalue weighted by molar-refractivity contribution is -0.386. The summed E-state index contributed by atoms with van der Waals surface area (Å²) in [6.07, 6.45) is 4.00. The zero-order valence-electron chi connectivity index (χ0n) is 15.7. The van der Waals surface area contributed by atoms with E-state index in [2.05, 4.69) is 11.2 Å². The van der Waals surface area contributed by atoms with E-state index in [0.29, 0.717) is 12.8 Å². The van der Waals surface area contributed by atoms with Crippen molar-refractivity contribution in [3.63, 3.8) is 0 Å². The number of nitrogens with zero attached hydrogens (tertiary/aromatic N) is 5. The number of likely N-dealkylation sites (N-methyl/N-ethyl adjacent to an activating group) is 1. The van der Waals surface area contributed by atoms with Gasteiger partial charge in [-0.15, -0.1) is 0 Å². The van der Waals surface area contributed by atoms with E-state index in [4.69, 9.17) is 4.74 Å². The molecule has 0 spiro atoms. The van der Waals surface area contributed by atoms with Crippen LogP contribution in [0.4, 0.5) is 5.69 Å². The quantitative estimate of drug-likeness (QED) is 0.418. The summed E-state index contributed by atoms with van der Waals surface area (Å²) in [5.41, 5.74) is -0.553. The predicted octanol–water partition coefficient (Wildman–Crippen LogP) is 1.64. The van der Waals surface area contributed by atoms with E-state index < -0.39 is 28.9 Å². The maximum atomic E-state index is 12.4. The van der Waals surface area contributed by atoms with E-state index in [1.165, 1.54) is 23.4 Å². The monoisotopic (exact) mass is 377 g/mol. The fraction of sp³-hybridized carbons (Fsp3) is 0.647. The third-order valence-corrected chi connectivity index (χ3v) is 5.07. The second-order valence-corrected chi connectivity index (χ2v) is 6.75. The molecule has 1 aliphatic rings. The second kappa shape index (κ2) is 8.16. The number of carbonyl (C=O) groups excluding carboxylic acids is 2. The Bertz CT molecular complexity index is 788. The minimum atomic E-state index is -0.849. The Morgan fingerprint density at radius 1 is 1.37 bits per heavy atom. The molecule has 0 radical (unpaired) electrons. The van der Waals surface area contributed by atoms with Gasteiger partial charge in [-0.2, -0.15) is 10.4 Å². The number of aromatic nitrogens is 2. The van der Waals surface area contributed by atoms with Crippen molar-refractivity contribution < 1.29 is 19.2 Å². The molecule has 1 amide bonds. The number of esters is 1. The van der Waals surface area contributed by atoms with Gasteiger partial charge in [0.05, 0.1) is 11.0 Å². The number of amides is 1. The van der Waals surface area contributed by atoms with Gasteiger partial charge in [0.25, 0.3) is 5.91 Å². The van der Waals surface area contributed by atoms with Crippen molar-refractivity contribution >= 4 is 17.6 Å². The highest BCUT2D eigenvalue weighted by Crippen LogP contribution is 2.32. The summed E-state index contributed by atoms with van der Waals surface area (Å²) < 4.78 is 6.19. The van der Waals surface area contributed by atoms with Crippen molar-refractivity contribution in [2.45, 2.75) is 58.0 Å². The average Bonchev–Trinajstić information content (AvgIpc) is 2.92. The number of rotatable bonds is 6. The first-order chi connectivity index (χ1) is 12.7. The second-order valence-electron chi connectivity index (χ2n) is 6.75. The van der Waals surface area contributed by atoms with Gasteiger partial charge in [-0.05, 0) is 26.7 Å². The summed E-state index contributed by atoms with van der Waals surface area (Å²) in [5, 5.41) is 24.5. The summed E-state index contributed by atoms with van der Waals surface area (Å²) in [4.78, 5) is 36.2. The van der Waals surface area contributed by atoms with Gasteiger partial charge in [0, 0.05) is 7.05 Å². The molecule has 2 rings (SSSR count). The molecule has 146 valence electrons. The molecular weight excluding hydrogens is 354 g/mol. The Kier molecular flexibility index (Phi) is 6.15. The van der Waals surface area contributed by atoms with Crippen LogP contribution in [0, 0.1) is 35.3 Å². The molecule has 10 nitrogen and oxygen atoms in total. The first-order valence-electron chi connectivity index (χ1n) is 8.74. The van der Waals surface area contributed by atoms with E-state index in [9.17, 15) is 25.0 Å². The molecule has 0 unspecified atom stereocenters. The van der Waals surface area contributed by atoms with E-state index in [0.717, 1.165) is 19.3 Å². The highest BCUT2D eigenvalue weighted by Gasteiger charge is 2.39. The van der Waals surface area contributed by atoms with Crippen LogP contribution in [-0.2, 0) is 20.9 Å². The molecule has 1 aromatic heterocycles. The van der Waals surface area contributed by atoms with Crippen LogP contribution in [-0.4, -0.2) is 50.7 Å². The average molecular weight is 377 g/mol. The molecule has 1 fully saturated rings. The molecule has 0 atom stereocenters. The highest BCUT2D eigenvalue weighted by molar-refractivity contribution is 5.81. The number of carbonyl (C=O) groups is 2. The van der Waals surface area contributed by atoms with Crippen molar-refractivity contribution in [1.29, 1.82) is 5.26 Å². The predicted molar refractivity (Wildman–Crippen MR) is 93.5 cm³/mol. The molecule has 0 aromatic carbocycles. The van der Waals surface area contributed by atoms with Crippen molar-refractivity contribution in [2.24, 2.45) is 0 Å². The Hall–Kier alpha value is -2.96. The Morgan fingerprint density at radius 2 is 2.00 bits per heavy atom. The van der Waals surface area contributed by atoms with Gasteiger partial charge in [0.2, 0.25) is 0 Å². The van der Waals surface area contributed by atoms with Crippen LogP contribution in [0.5, 0.6) is 0 Å². The Balaban J connectivity index is 1.95. The smallest absolute Gasteiger partial charge is 0.328 e. The van der Waals surface area contributed by atoms with E-state index in [1.807, 2.05) is 0 Å². The number of nitriles is 1. The summed E-state index contributed by atoms with van der Waals surface area (Å²) in [7, 11) is 1.55. The van der Waals surface area contributed by atoms with Gasteiger partial charge >= 0.3 is 11.7 Å². The number of hydrogen-bond acceptors (Lipinski definition) is 7. The van der Waals surface area contributed by atoms with Crippen molar-refractivity contribution in [3.05, 3.63) is 21.5 Å². The topological polar surface area (TPSA) is 131 Å². The first kappa shape index (κ1) is 20.4. The standard InChI is InChI=1S/C17H23N5O5/c1-12-16(22(25)26)13(2)21(19-12)9-15(24)27-10-14(23)20(3)17(11-18)7-5-4-6-8-17/h4-10H2,1-3H3. The van der Waals surface area contributed by atoms with Gasteiger partial charge < -0.3 is 9.64 Å². The van der Waals surface area contributed by atoms with E-state index in [1.54, 1.807) is 7.05 Å². The minimum absolute atomic E-state index is 0.146. The van der Waals surface area contributed by atoms with Crippen molar-refractivity contribution in [3.8, 4) is 6.07 Å². The maximum Gasteiger partial charge on any atom is 0.328 e. The molecule has 0 N–H and O–H groups in total. The van der Waals surface area contributed by atoms with Crippen LogP contribution in [0.25, 0.3) is 0 Å². The third-order valence-electron chi connectivity index (χ3n) is 5.07. The molecule has 1 heterocycles. The van der Waals surface area contributed by atoms with Gasteiger partial charge in [0.1, 0.15) is 23.5 Å². The lowest BCUT2D eigenvalue weighted by Gasteiger charge is -2.38. The molecule has 1 aliphatic carbocycles. The fourth-order valence-corrected chi connectivity index (χ4v) is 3.41.